The average molecular weight is 290 g/mol. The molecule has 0 aliphatic rings. The minimum atomic E-state index is -0.296. The summed E-state index contributed by atoms with van der Waals surface area (Å²) in [5, 5.41) is 14.4. The fourth-order valence-electron chi connectivity index (χ4n) is 1.97. The first-order chi connectivity index (χ1) is 8.58. The third kappa shape index (κ3) is 4.77. The van der Waals surface area contributed by atoms with Crippen molar-refractivity contribution in [3.63, 3.8) is 0 Å². The van der Waals surface area contributed by atoms with E-state index in [0.717, 1.165) is 24.8 Å². The van der Waals surface area contributed by atoms with E-state index >= 15 is 0 Å². The molecule has 0 aromatic heterocycles. The van der Waals surface area contributed by atoms with Crippen LogP contribution in [0.15, 0.2) is 18.2 Å². The molecule has 0 spiro atoms. The highest BCUT2D eigenvalue weighted by atomic mass is 35.5. The molecule has 0 aliphatic heterocycles. The Morgan fingerprint density at radius 3 is 2.56 bits per heavy atom. The molecule has 0 aliphatic carbocycles. The lowest BCUT2D eigenvalue weighted by molar-refractivity contribution is 0.156. The molecule has 1 aromatic rings. The van der Waals surface area contributed by atoms with Crippen molar-refractivity contribution in [3.8, 4) is 0 Å². The molecule has 0 saturated carbocycles. The molecule has 4 heteroatoms. The number of benzene rings is 1. The van der Waals surface area contributed by atoms with Gasteiger partial charge in [0.25, 0.3) is 0 Å². The van der Waals surface area contributed by atoms with Crippen LogP contribution in [0.1, 0.15) is 44.7 Å². The number of halogens is 2. The maximum absolute atomic E-state index is 9.74. The van der Waals surface area contributed by atoms with Crippen LogP contribution in [0.25, 0.3) is 0 Å². The molecule has 1 aromatic carbocycles. The van der Waals surface area contributed by atoms with Gasteiger partial charge in [-0.05, 0) is 30.5 Å². The van der Waals surface area contributed by atoms with Gasteiger partial charge in [0, 0.05) is 22.6 Å². The van der Waals surface area contributed by atoms with E-state index in [1.54, 1.807) is 6.07 Å². The van der Waals surface area contributed by atoms with Gasteiger partial charge in [-0.1, -0.05) is 49.5 Å². The average Bonchev–Trinajstić information content (AvgIpc) is 2.32. The fourth-order valence-corrected chi connectivity index (χ4v) is 2.51. The maximum atomic E-state index is 9.74. The first kappa shape index (κ1) is 15.8. The summed E-state index contributed by atoms with van der Waals surface area (Å²) < 4.78 is 0. The summed E-state index contributed by atoms with van der Waals surface area (Å²) in [5.74, 6) is 0. The highest BCUT2D eigenvalue weighted by Gasteiger charge is 2.14. The van der Waals surface area contributed by atoms with Gasteiger partial charge in [0.1, 0.15) is 0 Å². The summed E-state index contributed by atoms with van der Waals surface area (Å²) in [4.78, 5) is 0. The van der Waals surface area contributed by atoms with Crippen molar-refractivity contribution in [3.05, 3.63) is 33.8 Å². The van der Waals surface area contributed by atoms with E-state index in [1.165, 1.54) is 0 Å². The normalized spacial score (nSPS) is 14.5. The van der Waals surface area contributed by atoms with Gasteiger partial charge < -0.3 is 10.4 Å². The van der Waals surface area contributed by atoms with Crippen molar-refractivity contribution >= 4 is 23.2 Å². The summed E-state index contributed by atoms with van der Waals surface area (Å²) in [6.45, 7) is 4.75. The van der Waals surface area contributed by atoms with Gasteiger partial charge in [-0.3, -0.25) is 0 Å². The summed E-state index contributed by atoms with van der Waals surface area (Å²) in [7, 11) is 0. The van der Waals surface area contributed by atoms with Crippen LogP contribution in [0, 0.1) is 0 Å². The molecular weight excluding hydrogens is 269 g/mol. The molecule has 2 nitrogen and oxygen atoms in total. The van der Waals surface area contributed by atoms with Crippen molar-refractivity contribution in [1.82, 2.24) is 5.32 Å². The van der Waals surface area contributed by atoms with Gasteiger partial charge in [-0.15, -0.1) is 0 Å². The Hall–Kier alpha value is -0.280. The molecular formula is C14H21Cl2NO. The van der Waals surface area contributed by atoms with Crippen LogP contribution >= 0.6 is 23.2 Å². The van der Waals surface area contributed by atoms with Crippen molar-refractivity contribution in [2.24, 2.45) is 0 Å². The lowest BCUT2D eigenvalue weighted by Crippen LogP contribution is -2.30. The predicted molar refractivity (Wildman–Crippen MR) is 78.4 cm³/mol. The molecule has 2 unspecified atom stereocenters. The first-order valence-corrected chi connectivity index (χ1v) is 7.20. The predicted octanol–water partition coefficient (Wildman–Crippen LogP) is 4.20. The smallest absolute Gasteiger partial charge is 0.0664 e. The number of aliphatic hydroxyl groups is 1. The Morgan fingerprint density at radius 2 is 2.00 bits per heavy atom. The molecule has 0 fully saturated rings. The van der Waals surface area contributed by atoms with Crippen LogP contribution in [0.2, 0.25) is 10.0 Å². The largest absolute Gasteiger partial charge is 0.392 e. The zero-order chi connectivity index (χ0) is 13.5. The molecule has 0 amide bonds. The van der Waals surface area contributed by atoms with Crippen LogP contribution in [0.5, 0.6) is 0 Å². The first-order valence-electron chi connectivity index (χ1n) is 6.44. The Bertz CT molecular complexity index is 371. The fraction of sp³-hybridized carbons (Fsp3) is 0.571. The van der Waals surface area contributed by atoms with Crippen LogP contribution in [0.3, 0.4) is 0 Å². The van der Waals surface area contributed by atoms with E-state index in [9.17, 15) is 5.11 Å². The molecule has 2 N–H and O–H groups in total. The second-order valence-corrected chi connectivity index (χ2v) is 5.32. The van der Waals surface area contributed by atoms with Gasteiger partial charge in [0.15, 0.2) is 0 Å². The Labute approximate surface area is 119 Å². The molecule has 0 saturated heterocycles. The number of hydrogen-bond acceptors (Lipinski definition) is 2. The summed E-state index contributed by atoms with van der Waals surface area (Å²) >= 11 is 12.1. The summed E-state index contributed by atoms with van der Waals surface area (Å²) in [6.07, 6.45) is 2.43. The number of aliphatic hydroxyl groups excluding tert-OH is 1. The minimum Gasteiger partial charge on any atom is -0.392 e. The quantitative estimate of drug-likeness (QED) is 0.789. The zero-order valence-electron chi connectivity index (χ0n) is 10.9. The lowest BCUT2D eigenvalue weighted by Gasteiger charge is -2.21. The van der Waals surface area contributed by atoms with Crippen LogP contribution in [-0.2, 0) is 0 Å². The summed E-state index contributed by atoms with van der Waals surface area (Å²) in [6, 6.07) is 5.69. The molecule has 18 heavy (non-hydrogen) atoms. The van der Waals surface area contributed by atoms with E-state index in [0.29, 0.717) is 16.6 Å². The van der Waals surface area contributed by atoms with E-state index in [-0.39, 0.29) is 12.1 Å². The minimum absolute atomic E-state index is 0.154. The van der Waals surface area contributed by atoms with Gasteiger partial charge in [-0.25, -0.2) is 0 Å². The van der Waals surface area contributed by atoms with Crippen molar-refractivity contribution in [2.45, 2.75) is 45.3 Å². The lowest BCUT2D eigenvalue weighted by atomic mass is 10.0. The summed E-state index contributed by atoms with van der Waals surface area (Å²) in [5.41, 5.74) is 1.03. The van der Waals surface area contributed by atoms with Crippen LogP contribution in [-0.4, -0.2) is 17.8 Å². The van der Waals surface area contributed by atoms with Crippen molar-refractivity contribution in [2.75, 3.05) is 6.54 Å². The Morgan fingerprint density at radius 1 is 1.28 bits per heavy atom. The van der Waals surface area contributed by atoms with E-state index in [2.05, 4.69) is 19.2 Å². The number of rotatable bonds is 7. The molecule has 0 radical (unpaired) electrons. The van der Waals surface area contributed by atoms with Gasteiger partial charge in [0.2, 0.25) is 0 Å². The SMILES string of the molecule is CCCC(O)CNC(CC)c1ccc(Cl)cc1Cl. The standard InChI is InChI=1S/C14H21Cl2NO/c1-3-5-11(18)9-17-14(4-2)12-7-6-10(15)8-13(12)16/h6-8,11,14,17-18H,3-5,9H2,1-2H3. The number of nitrogens with one attached hydrogen (secondary N) is 1. The second kappa shape index (κ2) is 8.00. The third-order valence-electron chi connectivity index (χ3n) is 2.97. The third-order valence-corrected chi connectivity index (χ3v) is 3.53. The van der Waals surface area contributed by atoms with Crippen molar-refractivity contribution < 1.29 is 5.11 Å². The molecule has 2 atom stereocenters. The molecule has 1 rings (SSSR count). The topological polar surface area (TPSA) is 32.3 Å². The molecule has 102 valence electrons. The number of hydrogen-bond donors (Lipinski definition) is 2. The Kier molecular flexibility index (Phi) is 7.02. The molecule has 0 bridgehead atoms. The van der Waals surface area contributed by atoms with E-state index in [4.69, 9.17) is 23.2 Å². The van der Waals surface area contributed by atoms with Gasteiger partial charge in [-0.2, -0.15) is 0 Å². The van der Waals surface area contributed by atoms with Gasteiger partial charge >= 0.3 is 0 Å². The second-order valence-electron chi connectivity index (χ2n) is 4.48. The van der Waals surface area contributed by atoms with Crippen LogP contribution < -0.4 is 5.32 Å². The highest BCUT2D eigenvalue weighted by molar-refractivity contribution is 6.35. The van der Waals surface area contributed by atoms with Crippen LogP contribution in [0.4, 0.5) is 0 Å². The zero-order valence-corrected chi connectivity index (χ0v) is 12.4. The van der Waals surface area contributed by atoms with E-state index < -0.39 is 0 Å². The monoisotopic (exact) mass is 289 g/mol. The van der Waals surface area contributed by atoms with Gasteiger partial charge in [0.05, 0.1) is 6.10 Å². The maximum Gasteiger partial charge on any atom is 0.0664 e. The molecule has 0 heterocycles. The highest BCUT2D eigenvalue weighted by Crippen LogP contribution is 2.27. The Balaban J connectivity index is 2.65. The van der Waals surface area contributed by atoms with E-state index in [1.807, 2.05) is 12.1 Å². The van der Waals surface area contributed by atoms with Crippen molar-refractivity contribution in [1.29, 1.82) is 0 Å².